The van der Waals surface area contributed by atoms with Gasteiger partial charge in [-0.05, 0) is 54.8 Å². The number of imidazole rings is 1. The SMILES string of the molecule is Cc1cc(F)ccc1CCn1c(N)nc2ccc(Br)cc21. The first-order valence-corrected chi connectivity index (χ1v) is 7.50. The molecule has 3 aromatic rings. The molecular weight excluding hydrogens is 333 g/mol. The Bertz CT molecular complexity index is 811. The maximum absolute atomic E-state index is 13.1. The predicted molar refractivity (Wildman–Crippen MR) is 86.7 cm³/mol. The van der Waals surface area contributed by atoms with E-state index in [1.165, 1.54) is 6.07 Å². The lowest BCUT2D eigenvalue weighted by molar-refractivity contribution is 0.624. The van der Waals surface area contributed by atoms with E-state index >= 15 is 0 Å². The largest absolute Gasteiger partial charge is 0.369 e. The topological polar surface area (TPSA) is 43.8 Å². The minimum absolute atomic E-state index is 0.201. The predicted octanol–water partition coefficient (Wildman–Crippen LogP) is 4.07. The highest BCUT2D eigenvalue weighted by molar-refractivity contribution is 9.10. The molecule has 3 rings (SSSR count). The Hall–Kier alpha value is -1.88. The van der Waals surface area contributed by atoms with E-state index in [-0.39, 0.29) is 5.82 Å². The van der Waals surface area contributed by atoms with E-state index in [1.54, 1.807) is 6.07 Å². The first-order valence-electron chi connectivity index (χ1n) is 6.71. The number of halogens is 2. The fourth-order valence-corrected chi connectivity index (χ4v) is 2.87. The van der Waals surface area contributed by atoms with Crippen molar-refractivity contribution in [3.05, 3.63) is 57.8 Å². The van der Waals surface area contributed by atoms with Crippen LogP contribution in [0, 0.1) is 12.7 Å². The van der Waals surface area contributed by atoms with Crippen LogP contribution in [0.3, 0.4) is 0 Å². The van der Waals surface area contributed by atoms with Gasteiger partial charge in [-0.3, -0.25) is 0 Å². The van der Waals surface area contributed by atoms with Crippen molar-refractivity contribution in [1.82, 2.24) is 9.55 Å². The monoisotopic (exact) mass is 347 g/mol. The van der Waals surface area contributed by atoms with Gasteiger partial charge in [-0.1, -0.05) is 22.0 Å². The highest BCUT2D eigenvalue weighted by Crippen LogP contribution is 2.23. The Balaban J connectivity index is 1.91. The summed E-state index contributed by atoms with van der Waals surface area (Å²) >= 11 is 3.47. The average Bonchev–Trinajstić information content (AvgIpc) is 2.73. The highest BCUT2D eigenvalue weighted by atomic mass is 79.9. The van der Waals surface area contributed by atoms with Crippen molar-refractivity contribution in [2.45, 2.75) is 19.9 Å². The number of nitrogen functional groups attached to an aromatic ring is 1. The van der Waals surface area contributed by atoms with Crippen LogP contribution in [0.25, 0.3) is 11.0 Å². The Morgan fingerprint density at radius 1 is 1.24 bits per heavy atom. The molecule has 108 valence electrons. The van der Waals surface area contributed by atoms with E-state index in [0.29, 0.717) is 12.5 Å². The molecule has 0 bridgehead atoms. The van der Waals surface area contributed by atoms with Crippen molar-refractivity contribution in [2.75, 3.05) is 5.73 Å². The van der Waals surface area contributed by atoms with Crippen molar-refractivity contribution >= 4 is 32.9 Å². The molecule has 0 saturated heterocycles. The molecule has 1 aromatic heterocycles. The van der Waals surface area contributed by atoms with Gasteiger partial charge < -0.3 is 10.3 Å². The molecule has 5 heteroatoms. The highest BCUT2D eigenvalue weighted by Gasteiger charge is 2.09. The number of benzene rings is 2. The molecule has 2 aromatic carbocycles. The van der Waals surface area contributed by atoms with Crippen LogP contribution in [0.2, 0.25) is 0 Å². The molecule has 21 heavy (non-hydrogen) atoms. The number of anilines is 1. The molecule has 0 aliphatic carbocycles. The van der Waals surface area contributed by atoms with E-state index in [2.05, 4.69) is 20.9 Å². The third-order valence-electron chi connectivity index (χ3n) is 3.65. The molecule has 2 N–H and O–H groups in total. The Morgan fingerprint density at radius 3 is 2.81 bits per heavy atom. The Morgan fingerprint density at radius 2 is 2.05 bits per heavy atom. The lowest BCUT2D eigenvalue weighted by Crippen LogP contribution is -2.06. The van der Waals surface area contributed by atoms with Crippen LogP contribution in [0.5, 0.6) is 0 Å². The first-order chi connectivity index (χ1) is 10.0. The average molecular weight is 348 g/mol. The number of aromatic nitrogens is 2. The van der Waals surface area contributed by atoms with Crippen LogP contribution < -0.4 is 5.73 Å². The van der Waals surface area contributed by atoms with Crippen LogP contribution in [0.4, 0.5) is 10.3 Å². The molecule has 0 radical (unpaired) electrons. The number of rotatable bonds is 3. The first kappa shape index (κ1) is 14.1. The Labute approximate surface area is 130 Å². The number of fused-ring (bicyclic) bond motifs is 1. The summed E-state index contributed by atoms with van der Waals surface area (Å²) in [4.78, 5) is 4.36. The molecule has 0 saturated carbocycles. The van der Waals surface area contributed by atoms with Crippen molar-refractivity contribution in [1.29, 1.82) is 0 Å². The normalized spacial score (nSPS) is 11.2. The molecular formula is C16H15BrFN3. The summed E-state index contributed by atoms with van der Waals surface area (Å²) in [6, 6.07) is 10.8. The number of hydrogen-bond acceptors (Lipinski definition) is 2. The summed E-state index contributed by atoms with van der Waals surface area (Å²) in [6.07, 6.45) is 0.786. The van der Waals surface area contributed by atoms with Gasteiger partial charge in [-0.15, -0.1) is 0 Å². The van der Waals surface area contributed by atoms with Gasteiger partial charge >= 0.3 is 0 Å². The van der Waals surface area contributed by atoms with Gasteiger partial charge in [-0.2, -0.15) is 0 Å². The smallest absolute Gasteiger partial charge is 0.201 e. The van der Waals surface area contributed by atoms with Gasteiger partial charge in [0.05, 0.1) is 11.0 Å². The van der Waals surface area contributed by atoms with Crippen LogP contribution in [-0.2, 0) is 13.0 Å². The maximum Gasteiger partial charge on any atom is 0.201 e. The number of hydrogen-bond donors (Lipinski definition) is 1. The summed E-state index contributed by atoms with van der Waals surface area (Å²) in [5.74, 6) is 0.302. The van der Waals surface area contributed by atoms with E-state index in [1.807, 2.05) is 35.8 Å². The standard InChI is InChI=1S/C16H15BrFN3/c1-10-8-13(18)4-2-11(10)6-7-21-15-9-12(17)3-5-14(15)20-16(21)19/h2-5,8-9H,6-7H2,1H3,(H2,19,20). The van der Waals surface area contributed by atoms with Gasteiger partial charge in [0.1, 0.15) is 5.82 Å². The van der Waals surface area contributed by atoms with Crippen LogP contribution in [0.1, 0.15) is 11.1 Å². The minimum atomic E-state index is -0.201. The van der Waals surface area contributed by atoms with Crippen molar-refractivity contribution < 1.29 is 4.39 Å². The van der Waals surface area contributed by atoms with Crippen LogP contribution in [-0.4, -0.2) is 9.55 Å². The van der Waals surface area contributed by atoms with Crippen molar-refractivity contribution in [3.63, 3.8) is 0 Å². The van der Waals surface area contributed by atoms with Crippen molar-refractivity contribution in [2.24, 2.45) is 0 Å². The lowest BCUT2D eigenvalue weighted by atomic mass is 10.1. The molecule has 0 aliphatic heterocycles. The van der Waals surface area contributed by atoms with Gasteiger partial charge in [0.25, 0.3) is 0 Å². The quantitative estimate of drug-likeness (QED) is 0.775. The van der Waals surface area contributed by atoms with Gasteiger partial charge in [-0.25, -0.2) is 9.37 Å². The maximum atomic E-state index is 13.1. The molecule has 1 heterocycles. The molecule has 0 spiro atoms. The Kier molecular flexibility index (Phi) is 3.68. The fourth-order valence-electron chi connectivity index (χ4n) is 2.52. The third-order valence-corrected chi connectivity index (χ3v) is 4.14. The van der Waals surface area contributed by atoms with Gasteiger partial charge in [0.15, 0.2) is 0 Å². The molecule has 3 nitrogen and oxygen atoms in total. The molecule has 0 amide bonds. The summed E-state index contributed by atoms with van der Waals surface area (Å²) in [5.41, 5.74) is 9.96. The summed E-state index contributed by atoms with van der Waals surface area (Å²) in [5, 5.41) is 0. The number of aryl methyl sites for hydroxylation is 3. The second-order valence-corrected chi connectivity index (χ2v) is 5.99. The van der Waals surface area contributed by atoms with E-state index in [9.17, 15) is 4.39 Å². The van der Waals surface area contributed by atoms with Crippen LogP contribution in [0.15, 0.2) is 40.9 Å². The van der Waals surface area contributed by atoms with Crippen molar-refractivity contribution in [3.8, 4) is 0 Å². The summed E-state index contributed by atoms with van der Waals surface area (Å²) in [7, 11) is 0. The fraction of sp³-hybridized carbons (Fsp3) is 0.188. The summed E-state index contributed by atoms with van der Waals surface area (Å²) in [6.45, 7) is 2.63. The molecule has 0 fully saturated rings. The zero-order valence-electron chi connectivity index (χ0n) is 11.6. The number of nitrogens with two attached hydrogens (primary N) is 1. The molecule has 0 aliphatic rings. The molecule has 0 unspecified atom stereocenters. The van der Waals surface area contributed by atoms with E-state index < -0.39 is 0 Å². The van der Waals surface area contributed by atoms with E-state index in [0.717, 1.165) is 33.1 Å². The number of nitrogens with zero attached hydrogens (tertiary/aromatic N) is 2. The van der Waals surface area contributed by atoms with Crippen LogP contribution >= 0.6 is 15.9 Å². The van der Waals surface area contributed by atoms with E-state index in [4.69, 9.17) is 5.73 Å². The zero-order chi connectivity index (χ0) is 15.0. The van der Waals surface area contributed by atoms with Gasteiger partial charge in [0, 0.05) is 11.0 Å². The minimum Gasteiger partial charge on any atom is -0.369 e. The third kappa shape index (κ3) is 2.78. The zero-order valence-corrected chi connectivity index (χ0v) is 13.2. The lowest BCUT2D eigenvalue weighted by Gasteiger charge is -2.09. The van der Waals surface area contributed by atoms with Gasteiger partial charge in [0.2, 0.25) is 5.95 Å². The second kappa shape index (κ2) is 5.48. The molecule has 0 atom stereocenters. The summed E-state index contributed by atoms with van der Waals surface area (Å²) < 4.78 is 16.1. The second-order valence-electron chi connectivity index (χ2n) is 5.08.